The molecule has 0 aromatic heterocycles. The third kappa shape index (κ3) is 2.18. The van der Waals surface area contributed by atoms with Crippen LogP contribution in [0.4, 0.5) is 17.6 Å². The highest BCUT2D eigenvalue weighted by Crippen LogP contribution is 2.38. The van der Waals surface area contributed by atoms with Gasteiger partial charge in [0, 0.05) is 0 Å². The molecule has 0 radical (unpaired) electrons. The molecule has 0 heterocycles. The molecule has 0 fully saturated rings. The molecule has 0 aliphatic heterocycles. The second kappa shape index (κ2) is 2.50. The Hall–Kier alpha value is 0.300. The van der Waals surface area contributed by atoms with E-state index in [2.05, 4.69) is 23.2 Å². The SMILES string of the molecule is FC(F)(Cl)C(F)(F)CCl. The van der Waals surface area contributed by atoms with Crippen LogP contribution >= 0.6 is 23.2 Å². The van der Waals surface area contributed by atoms with E-state index in [0.717, 1.165) is 0 Å². The minimum Gasteiger partial charge on any atom is -0.197 e. The molecule has 56 valence electrons. The maximum absolute atomic E-state index is 11.6. The minimum absolute atomic E-state index is 1.48. The Morgan fingerprint density at radius 1 is 1.11 bits per heavy atom. The van der Waals surface area contributed by atoms with Gasteiger partial charge in [0.1, 0.15) is 0 Å². The molecule has 0 rings (SSSR count). The van der Waals surface area contributed by atoms with Gasteiger partial charge in [-0.3, -0.25) is 0 Å². The first-order valence-electron chi connectivity index (χ1n) is 1.82. The molecule has 0 aliphatic rings. The Bertz CT molecular complexity index is 96.5. The quantitative estimate of drug-likeness (QED) is 0.458. The fraction of sp³-hybridized carbons (Fsp3) is 1.00. The standard InChI is InChI=1S/C3H2Cl2F4/c4-1-2(6,7)3(5,8)9/h1H2. The fourth-order valence-corrected chi connectivity index (χ4v) is 0.379. The van der Waals surface area contributed by atoms with E-state index in [-0.39, 0.29) is 0 Å². The molecule has 0 saturated carbocycles. The van der Waals surface area contributed by atoms with Gasteiger partial charge in [-0.05, 0) is 11.6 Å². The van der Waals surface area contributed by atoms with Crippen LogP contribution in [0.3, 0.4) is 0 Å². The lowest BCUT2D eigenvalue weighted by Gasteiger charge is -2.17. The topological polar surface area (TPSA) is 0 Å². The molecule has 0 unspecified atom stereocenters. The lowest BCUT2D eigenvalue weighted by atomic mass is 10.4. The molecule has 9 heavy (non-hydrogen) atoms. The first-order chi connectivity index (χ1) is 3.81. The van der Waals surface area contributed by atoms with Crippen molar-refractivity contribution in [3.05, 3.63) is 0 Å². The second-order valence-electron chi connectivity index (χ2n) is 1.34. The molecule has 0 atom stereocenters. The van der Waals surface area contributed by atoms with Gasteiger partial charge in [-0.1, -0.05) is 0 Å². The zero-order chi connectivity index (χ0) is 7.71. The van der Waals surface area contributed by atoms with Crippen LogP contribution in [0.1, 0.15) is 0 Å². The molecule has 0 N–H and O–H groups in total. The van der Waals surface area contributed by atoms with Crippen LogP contribution in [0.25, 0.3) is 0 Å². The molecule has 0 bridgehead atoms. The van der Waals surface area contributed by atoms with E-state index in [9.17, 15) is 17.6 Å². The first-order valence-corrected chi connectivity index (χ1v) is 2.73. The summed E-state index contributed by atoms with van der Waals surface area (Å²) in [6.45, 7) is 0. The maximum atomic E-state index is 11.6. The molecular weight excluding hydrogens is 183 g/mol. The summed E-state index contributed by atoms with van der Waals surface area (Å²) in [6, 6.07) is 0. The summed E-state index contributed by atoms with van der Waals surface area (Å²) in [7, 11) is 0. The average Bonchev–Trinajstić information content (AvgIpc) is 1.64. The zero-order valence-corrected chi connectivity index (χ0v) is 5.49. The van der Waals surface area contributed by atoms with Gasteiger partial charge < -0.3 is 0 Å². The molecule has 0 aromatic carbocycles. The molecule has 0 nitrogen and oxygen atoms in total. The smallest absolute Gasteiger partial charge is 0.197 e. The molecule has 0 aromatic rings. The third-order valence-electron chi connectivity index (χ3n) is 0.583. The molecule has 0 saturated heterocycles. The fourth-order valence-electron chi connectivity index (χ4n) is 0.0758. The van der Waals surface area contributed by atoms with Gasteiger partial charge in [-0.2, -0.15) is 17.6 Å². The molecule has 0 aliphatic carbocycles. The summed E-state index contributed by atoms with van der Waals surface area (Å²) in [4.78, 5) is 0. The summed E-state index contributed by atoms with van der Waals surface area (Å²) >= 11 is 8.42. The molecule has 0 amide bonds. The van der Waals surface area contributed by atoms with Crippen LogP contribution in [0.2, 0.25) is 0 Å². The summed E-state index contributed by atoms with van der Waals surface area (Å²) in [6.07, 6.45) is 0. The van der Waals surface area contributed by atoms with E-state index >= 15 is 0 Å². The van der Waals surface area contributed by atoms with Gasteiger partial charge in [0.25, 0.3) is 0 Å². The highest BCUT2D eigenvalue weighted by atomic mass is 35.5. The molecule has 6 heteroatoms. The van der Waals surface area contributed by atoms with Crippen molar-refractivity contribution in [2.75, 3.05) is 5.88 Å². The van der Waals surface area contributed by atoms with Gasteiger partial charge in [-0.25, -0.2) is 0 Å². The van der Waals surface area contributed by atoms with Crippen LogP contribution < -0.4 is 0 Å². The van der Waals surface area contributed by atoms with Crippen LogP contribution in [-0.4, -0.2) is 17.2 Å². The minimum atomic E-state index is -4.55. The Morgan fingerprint density at radius 3 is 1.44 bits per heavy atom. The van der Waals surface area contributed by atoms with E-state index in [1.54, 1.807) is 0 Å². The Morgan fingerprint density at radius 2 is 1.44 bits per heavy atom. The van der Waals surface area contributed by atoms with Crippen molar-refractivity contribution < 1.29 is 17.6 Å². The number of hydrogen-bond acceptors (Lipinski definition) is 0. The Balaban J connectivity index is 4.14. The summed E-state index contributed by atoms with van der Waals surface area (Å²) in [5.74, 6) is -5.81. The van der Waals surface area contributed by atoms with E-state index in [0.29, 0.717) is 0 Å². The van der Waals surface area contributed by atoms with E-state index in [1.165, 1.54) is 0 Å². The van der Waals surface area contributed by atoms with Crippen LogP contribution in [0.15, 0.2) is 0 Å². The lowest BCUT2D eigenvalue weighted by molar-refractivity contribution is -0.140. The lowest BCUT2D eigenvalue weighted by Crippen LogP contribution is -2.36. The van der Waals surface area contributed by atoms with Gasteiger partial charge in [0.05, 0.1) is 5.88 Å². The van der Waals surface area contributed by atoms with Gasteiger partial charge in [0.15, 0.2) is 0 Å². The number of rotatable bonds is 2. The normalized spacial score (nSPS) is 14.0. The second-order valence-corrected chi connectivity index (χ2v) is 2.08. The van der Waals surface area contributed by atoms with E-state index in [4.69, 9.17) is 0 Å². The molecular formula is C3H2Cl2F4. The maximum Gasteiger partial charge on any atom is 0.385 e. The number of halogens is 6. The summed E-state index contributed by atoms with van der Waals surface area (Å²) in [5, 5.41) is -4.55. The molecule has 0 spiro atoms. The third-order valence-corrected chi connectivity index (χ3v) is 1.19. The van der Waals surface area contributed by atoms with Crippen molar-refractivity contribution in [2.45, 2.75) is 11.3 Å². The van der Waals surface area contributed by atoms with Crippen molar-refractivity contribution in [3.8, 4) is 0 Å². The highest BCUT2D eigenvalue weighted by Gasteiger charge is 2.54. The average molecular weight is 185 g/mol. The monoisotopic (exact) mass is 184 g/mol. The summed E-state index contributed by atoms with van der Waals surface area (Å²) in [5.41, 5.74) is 0. The Kier molecular flexibility index (Phi) is 2.58. The highest BCUT2D eigenvalue weighted by molar-refractivity contribution is 6.24. The van der Waals surface area contributed by atoms with Crippen molar-refractivity contribution in [1.82, 2.24) is 0 Å². The van der Waals surface area contributed by atoms with Gasteiger partial charge in [0.2, 0.25) is 0 Å². The van der Waals surface area contributed by atoms with Crippen molar-refractivity contribution in [3.63, 3.8) is 0 Å². The Labute approximate surface area is 58.7 Å². The van der Waals surface area contributed by atoms with Gasteiger partial charge >= 0.3 is 11.3 Å². The van der Waals surface area contributed by atoms with Crippen LogP contribution in [0.5, 0.6) is 0 Å². The van der Waals surface area contributed by atoms with Crippen LogP contribution in [-0.2, 0) is 0 Å². The van der Waals surface area contributed by atoms with Crippen molar-refractivity contribution in [2.24, 2.45) is 0 Å². The predicted molar refractivity (Wildman–Crippen MR) is 26.5 cm³/mol. The number of alkyl halides is 6. The first kappa shape index (κ1) is 9.30. The van der Waals surface area contributed by atoms with Gasteiger partial charge in [-0.15, -0.1) is 11.6 Å². The largest absolute Gasteiger partial charge is 0.385 e. The van der Waals surface area contributed by atoms with E-state index < -0.39 is 17.2 Å². The zero-order valence-electron chi connectivity index (χ0n) is 3.97. The van der Waals surface area contributed by atoms with Crippen molar-refractivity contribution >= 4 is 23.2 Å². The van der Waals surface area contributed by atoms with Crippen LogP contribution in [0, 0.1) is 0 Å². The van der Waals surface area contributed by atoms with Crippen molar-refractivity contribution in [1.29, 1.82) is 0 Å². The van der Waals surface area contributed by atoms with E-state index in [1.807, 2.05) is 0 Å². The predicted octanol–water partition coefficient (Wildman–Crippen LogP) is 2.69. The summed E-state index contributed by atoms with van der Waals surface area (Å²) < 4.78 is 46.2. The number of hydrogen-bond donors (Lipinski definition) is 0.